The van der Waals surface area contributed by atoms with Crippen molar-refractivity contribution in [2.75, 3.05) is 19.7 Å². The number of ether oxygens (including phenoxy) is 2. The normalized spacial score (nSPS) is 22.1. The number of fused-ring (bicyclic) bond motifs is 1. The molecule has 0 saturated carbocycles. The molecule has 196 valence electrons. The number of carbonyl (C=O) groups is 4. The quantitative estimate of drug-likeness (QED) is 0.255. The van der Waals surface area contributed by atoms with Gasteiger partial charge in [-0.15, -0.1) is 0 Å². The van der Waals surface area contributed by atoms with E-state index < -0.39 is 6.29 Å². The summed E-state index contributed by atoms with van der Waals surface area (Å²) < 4.78 is 10.6. The molecule has 1 amide bonds. The summed E-state index contributed by atoms with van der Waals surface area (Å²) >= 11 is 0. The molecule has 2 aliphatic rings. The number of esters is 1. The summed E-state index contributed by atoms with van der Waals surface area (Å²) in [6.07, 6.45) is 5.28. The Labute approximate surface area is 217 Å². The van der Waals surface area contributed by atoms with Crippen molar-refractivity contribution in [3.8, 4) is 0 Å². The van der Waals surface area contributed by atoms with Gasteiger partial charge >= 0.3 is 5.97 Å². The lowest BCUT2D eigenvalue weighted by molar-refractivity contribution is -0.167. The summed E-state index contributed by atoms with van der Waals surface area (Å²) in [5.74, 6) is -1.21. The fourth-order valence-corrected chi connectivity index (χ4v) is 5.15. The smallest absolute Gasteiger partial charge is 0.308 e. The summed E-state index contributed by atoms with van der Waals surface area (Å²) in [4.78, 5) is 56.7. The number of nitrogens with zero attached hydrogens (tertiary/aromatic N) is 2. The van der Waals surface area contributed by atoms with Gasteiger partial charge in [0, 0.05) is 49.4 Å². The van der Waals surface area contributed by atoms with Crippen molar-refractivity contribution in [1.82, 2.24) is 9.88 Å². The first-order chi connectivity index (χ1) is 17.9. The third-order valence-electron chi connectivity index (χ3n) is 7.00. The van der Waals surface area contributed by atoms with Crippen LogP contribution in [0.2, 0.25) is 0 Å². The van der Waals surface area contributed by atoms with E-state index in [1.165, 1.54) is 0 Å². The van der Waals surface area contributed by atoms with Crippen LogP contribution in [0.1, 0.15) is 62.9 Å². The lowest BCUT2D eigenvalue weighted by Crippen LogP contribution is -2.40. The lowest BCUT2D eigenvalue weighted by atomic mass is 9.95. The molecule has 1 aromatic heterocycles. The molecule has 1 saturated heterocycles. The molecule has 3 unspecified atom stereocenters. The number of carbonyl (C=O) groups excluding carboxylic acids is 4. The first kappa shape index (κ1) is 26.7. The molecule has 0 N–H and O–H groups in total. The van der Waals surface area contributed by atoms with Crippen molar-refractivity contribution in [3.63, 3.8) is 0 Å². The third-order valence-corrected chi connectivity index (χ3v) is 7.00. The molecule has 37 heavy (non-hydrogen) atoms. The zero-order valence-corrected chi connectivity index (χ0v) is 21.5. The minimum Gasteiger partial charge on any atom is -0.435 e. The van der Waals surface area contributed by atoms with E-state index in [1.54, 1.807) is 11.1 Å². The molecule has 3 atom stereocenters. The number of amides is 1. The van der Waals surface area contributed by atoms with E-state index in [1.807, 2.05) is 44.2 Å². The SMILES string of the molecule is CCOC1OC(=O)CC1CC(=O)CN1CC(C)=CCC(CCCC(=O)c2nccc3ccccc23)C1=O. The summed E-state index contributed by atoms with van der Waals surface area (Å²) in [5, 5.41) is 1.81. The second-order valence-electron chi connectivity index (χ2n) is 9.89. The van der Waals surface area contributed by atoms with Gasteiger partial charge in [-0.1, -0.05) is 35.9 Å². The van der Waals surface area contributed by atoms with Gasteiger partial charge in [-0.25, -0.2) is 0 Å². The number of benzene rings is 1. The Morgan fingerprint density at radius 2 is 2.00 bits per heavy atom. The van der Waals surface area contributed by atoms with Crippen LogP contribution in [-0.2, 0) is 23.9 Å². The number of ketones is 2. The van der Waals surface area contributed by atoms with Crippen molar-refractivity contribution >= 4 is 34.2 Å². The fourth-order valence-electron chi connectivity index (χ4n) is 5.15. The molecule has 0 radical (unpaired) electrons. The third kappa shape index (κ3) is 6.68. The number of hydrogen-bond donors (Lipinski definition) is 0. The van der Waals surface area contributed by atoms with E-state index >= 15 is 0 Å². The lowest BCUT2D eigenvalue weighted by Gasteiger charge is -2.25. The minimum absolute atomic E-state index is 0.0110. The fraction of sp³-hybridized carbons (Fsp3) is 0.483. The van der Waals surface area contributed by atoms with Gasteiger partial charge in [0.15, 0.2) is 11.6 Å². The number of allylic oxidation sites excluding steroid dienone is 1. The highest BCUT2D eigenvalue weighted by Crippen LogP contribution is 2.28. The number of pyridine rings is 1. The summed E-state index contributed by atoms with van der Waals surface area (Å²) in [6, 6.07) is 9.56. The van der Waals surface area contributed by atoms with Crippen LogP contribution in [0.4, 0.5) is 0 Å². The second-order valence-corrected chi connectivity index (χ2v) is 9.89. The number of cyclic esters (lactones) is 1. The van der Waals surface area contributed by atoms with Gasteiger partial charge in [-0.2, -0.15) is 0 Å². The molecule has 0 bridgehead atoms. The molecule has 8 nitrogen and oxygen atoms in total. The maximum Gasteiger partial charge on any atom is 0.308 e. The molecule has 1 fully saturated rings. The van der Waals surface area contributed by atoms with E-state index in [4.69, 9.17) is 9.47 Å². The predicted octanol–water partition coefficient (Wildman–Crippen LogP) is 4.27. The van der Waals surface area contributed by atoms with Crippen LogP contribution in [0.3, 0.4) is 0 Å². The monoisotopic (exact) mass is 506 g/mol. The van der Waals surface area contributed by atoms with Gasteiger partial charge in [0.05, 0.1) is 13.0 Å². The first-order valence-corrected chi connectivity index (χ1v) is 13.0. The number of hydrogen-bond acceptors (Lipinski definition) is 7. The molecular formula is C29H34N2O6. The van der Waals surface area contributed by atoms with Crippen LogP contribution in [-0.4, -0.2) is 59.3 Å². The summed E-state index contributed by atoms with van der Waals surface area (Å²) in [7, 11) is 0. The molecule has 0 spiro atoms. The van der Waals surface area contributed by atoms with Gasteiger partial charge in [0.1, 0.15) is 5.69 Å². The van der Waals surface area contributed by atoms with Crippen LogP contribution < -0.4 is 0 Å². The predicted molar refractivity (Wildman–Crippen MR) is 138 cm³/mol. The standard InChI is InChI=1S/C29H34N2O6/c1-3-36-29-22(16-26(34)37-29)15-23(32)18-31-17-19(2)11-12-21(28(31)35)8-6-10-25(33)27-24-9-5-4-7-20(24)13-14-30-27/h4-5,7,9,11,13-14,21-22,29H,3,6,8,10,12,15-18H2,1-2H3. The van der Waals surface area contributed by atoms with E-state index in [-0.39, 0.29) is 54.7 Å². The Bertz CT molecular complexity index is 1200. The summed E-state index contributed by atoms with van der Waals surface area (Å²) in [5.41, 5.74) is 1.50. The Morgan fingerprint density at radius 3 is 2.81 bits per heavy atom. The second kappa shape index (κ2) is 12.2. The highest BCUT2D eigenvalue weighted by molar-refractivity contribution is 6.06. The molecule has 2 aliphatic heterocycles. The molecule has 4 rings (SSSR count). The maximum atomic E-state index is 13.3. The van der Waals surface area contributed by atoms with E-state index in [2.05, 4.69) is 11.1 Å². The van der Waals surface area contributed by atoms with Crippen molar-refractivity contribution < 1.29 is 28.7 Å². The average Bonchev–Trinajstić information content (AvgIpc) is 3.16. The first-order valence-electron chi connectivity index (χ1n) is 13.0. The van der Waals surface area contributed by atoms with Gasteiger partial charge in [0.25, 0.3) is 0 Å². The van der Waals surface area contributed by atoms with Gasteiger partial charge in [-0.3, -0.25) is 24.2 Å². The Hall–Kier alpha value is -3.39. The molecule has 3 heterocycles. The molecule has 8 heteroatoms. The van der Waals surface area contributed by atoms with Gasteiger partial charge in [0.2, 0.25) is 12.2 Å². The van der Waals surface area contributed by atoms with Crippen molar-refractivity contribution in [1.29, 1.82) is 0 Å². The van der Waals surface area contributed by atoms with E-state index in [0.717, 1.165) is 16.3 Å². The van der Waals surface area contributed by atoms with Crippen molar-refractivity contribution in [3.05, 3.63) is 53.9 Å². The molecular weight excluding hydrogens is 472 g/mol. The Morgan fingerprint density at radius 1 is 1.19 bits per heavy atom. The van der Waals surface area contributed by atoms with Crippen LogP contribution in [0.5, 0.6) is 0 Å². The molecule has 0 aliphatic carbocycles. The van der Waals surface area contributed by atoms with Gasteiger partial charge in [-0.05, 0) is 44.6 Å². The summed E-state index contributed by atoms with van der Waals surface area (Å²) in [6.45, 7) is 4.54. The highest BCUT2D eigenvalue weighted by Gasteiger charge is 2.37. The average molecular weight is 507 g/mol. The number of aromatic nitrogens is 1. The van der Waals surface area contributed by atoms with Gasteiger partial charge < -0.3 is 14.4 Å². The Balaban J connectivity index is 1.33. The van der Waals surface area contributed by atoms with Crippen LogP contribution in [0.25, 0.3) is 10.8 Å². The number of rotatable bonds is 11. The van der Waals surface area contributed by atoms with Crippen molar-refractivity contribution in [2.24, 2.45) is 11.8 Å². The minimum atomic E-state index is -0.704. The zero-order chi connectivity index (χ0) is 26.4. The number of Topliss-reactive ketones (excluding diaryl/α,β-unsaturated/α-hetero) is 2. The highest BCUT2D eigenvalue weighted by atomic mass is 16.7. The maximum absolute atomic E-state index is 13.3. The van der Waals surface area contributed by atoms with E-state index in [0.29, 0.717) is 44.5 Å². The molecule has 2 aromatic rings. The zero-order valence-electron chi connectivity index (χ0n) is 21.5. The largest absolute Gasteiger partial charge is 0.435 e. The van der Waals surface area contributed by atoms with Crippen LogP contribution in [0, 0.1) is 11.8 Å². The topological polar surface area (TPSA) is 103 Å². The van der Waals surface area contributed by atoms with E-state index in [9.17, 15) is 19.2 Å². The van der Waals surface area contributed by atoms with Crippen LogP contribution >= 0.6 is 0 Å². The Kier molecular flexibility index (Phi) is 8.82. The van der Waals surface area contributed by atoms with Crippen LogP contribution in [0.15, 0.2) is 48.2 Å². The van der Waals surface area contributed by atoms with Crippen molar-refractivity contribution in [2.45, 2.75) is 58.7 Å². The molecule has 1 aromatic carbocycles.